The van der Waals surface area contributed by atoms with Gasteiger partial charge in [0.25, 0.3) is 5.91 Å². The number of ether oxygens (including phenoxy) is 1. The molecule has 3 nitrogen and oxygen atoms in total. The van der Waals surface area contributed by atoms with E-state index in [9.17, 15) is 4.79 Å². The van der Waals surface area contributed by atoms with Gasteiger partial charge in [0.05, 0.1) is 12.0 Å². The molecule has 0 saturated heterocycles. The van der Waals surface area contributed by atoms with Gasteiger partial charge in [-0.15, -0.1) is 11.3 Å². The number of rotatable bonds is 4. The molecule has 0 radical (unpaired) electrons. The first-order valence-corrected chi connectivity index (χ1v) is 8.58. The molecule has 0 unspecified atom stereocenters. The summed E-state index contributed by atoms with van der Waals surface area (Å²) in [4.78, 5) is 14.6. The van der Waals surface area contributed by atoms with Crippen LogP contribution >= 0.6 is 11.3 Å². The Hall–Kier alpha value is -1.81. The molecular formula is C18H21NO2S. The van der Waals surface area contributed by atoms with Gasteiger partial charge in [0.2, 0.25) is 0 Å². The Morgan fingerprint density at radius 1 is 1.36 bits per heavy atom. The van der Waals surface area contributed by atoms with E-state index in [1.807, 2.05) is 24.3 Å². The molecule has 0 spiro atoms. The second-order valence-electron chi connectivity index (χ2n) is 5.76. The van der Waals surface area contributed by atoms with Crippen molar-refractivity contribution in [3.63, 3.8) is 0 Å². The van der Waals surface area contributed by atoms with Crippen molar-refractivity contribution in [1.29, 1.82) is 0 Å². The van der Waals surface area contributed by atoms with E-state index in [4.69, 9.17) is 4.74 Å². The van der Waals surface area contributed by atoms with Gasteiger partial charge in [-0.2, -0.15) is 0 Å². The van der Waals surface area contributed by atoms with E-state index in [-0.39, 0.29) is 5.91 Å². The third kappa shape index (κ3) is 3.17. The molecule has 1 amide bonds. The van der Waals surface area contributed by atoms with Gasteiger partial charge in [-0.05, 0) is 61.1 Å². The topological polar surface area (TPSA) is 38.3 Å². The predicted octanol–water partition coefficient (Wildman–Crippen LogP) is 4.52. The maximum absolute atomic E-state index is 12.4. The van der Waals surface area contributed by atoms with Crippen LogP contribution in [0, 0.1) is 5.92 Å². The first-order valence-electron chi connectivity index (χ1n) is 7.76. The highest BCUT2D eigenvalue weighted by Crippen LogP contribution is 2.33. The van der Waals surface area contributed by atoms with E-state index < -0.39 is 0 Å². The molecule has 0 bridgehead atoms. The quantitative estimate of drug-likeness (QED) is 0.900. The van der Waals surface area contributed by atoms with Crippen LogP contribution in [0.15, 0.2) is 30.3 Å². The van der Waals surface area contributed by atoms with Crippen LogP contribution in [-0.2, 0) is 12.8 Å². The largest absolute Gasteiger partial charge is 0.497 e. The molecule has 1 N–H and O–H groups in total. The molecule has 4 heteroatoms. The zero-order chi connectivity index (χ0) is 15.5. The number of aryl methyl sites for hydroxylation is 1. The third-order valence-corrected chi connectivity index (χ3v) is 5.57. The van der Waals surface area contributed by atoms with Gasteiger partial charge >= 0.3 is 0 Å². The fourth-order valence-corrected chi connectivity index (χ4v) is 4.03. The minimum absolute atomic E-state index is 0.0161. The molecule has 22 heavy (non-hydrogen) atoms. The van der Waals surface area contributed by atoms with Crippen molar-refractivity contribution >= 4 is 22.9 Å². The van der Waals surface area contributed by atoms with E-state index in [2.05, 4.69) is 18.3 Å². The van der Waals surface area contributed by atoms with Crippen LogP contribution in [-0.4, -0.2) is 13.0 Å². The number of thiophene rings is 1. The van der Waals surface area contributed by atoms with Gasteiger partial charge < -0.3 is 10.1 Å². The number of carbonyl (C=O) groups excluding carboxylic acids is 1. The number of benzene rings is 1. The van der Waals surface area contributed by atoms with Gasteiger partial charge in [0.15, 0.2) is 0 Å². The smallest absolute Gasteiger partial charge is 0.265 e. The number of methoxy groups -OCH3 is 1. The molecular weight excluding hydrogens is 294 g/mol. The van der Waals surface area contributed by atoms with Crippen molar-refractivity contribution in [1.82, 2.24) is 0 Å². The summed E-state index contributed by atoms with van der Waals surface area (Å²) in [5, 5.41) is 2.96. The number of fused-ring (bicyclic) bond motifs is 1. The standard InChI is InChI=1S/C18H21NO2S/c1-3-12-4-9-16-13(10-12)11-17(22-16)18(20)19-14-5-7-15(21-2)8-6-14/h5-8,11-12H,3-4,9-10H2,1-2H3,(H,19,20)/t12-/m0/s1. The zero-order valence-corrected chi connectivity index (χ0v) is 13.8. The van der Waals surface area contributed by atoms with Gasteiger partial charge in [-0.25, -0.2) is 0 Å². The molecule has 1 atom stereocenters. The summed E-state index contributed by atoms with van der Waals surface area (Å²) in [7, 11) is 1.63. The number of hydrogen-bond acceptors (Lipinski definition) is 3. The molecule has 1 aromatic heterocycles. The van der Waals surface area contributed by atoms with Crippen molar-refractivity contribution in [2.45, 2.75) is 32.6 Å². The normalized spacial score (nSPS) is 16.9. The summed E-state index contributed by atoms with van der Waals surface area (Å²) in [6.45, 7) is 2.25. The summed E-state index contributed by atoms with van der Waals surface area (Å²) in [5.41, 5.74) is 2.17. The Balaban J connectivity index is 1.71. The number of hydrogen-bond donors (Lipinski definition) is 1. The van der Waals surface area contributed by atoms with E-state index >= 15 is 0 Å². The highest BCUT2D eigenvalue weighted by Gasteiger charge is 2.22. The minimum Gasteiger partial charge on any atom is -0.497 e. The Labute approximate surface area is 135 Å². The summed E-state index contributed by atoms with van der Waals surface area (Å²) >= 11 is 1.65. The molecule has 3 rings (SSSR count). The predicted molar refractivity (Wildman–Crippen MR) is 91.1 cm³/mol. The minimum atomic E-state index is -0.0161. The lowest BCUT2D eigenvalue weighted by molar-refractivity contribution is 0.103. The van der Waals surface area contributed by atoms with Gasteiger partial charge in [-0.3, -0.25) is 4.79 Å². The highest BCUT2D eigenvalue weighted by atomic mass is 32.1. The monoisotopic (exact) mass is 315 g/mol. The SMILES string of the molecule is CC[C@H]1CCc2sc(C(=O)Nc3ccc(OC)cc3)cc2C1. The highest BCUT2D eigenvalue weighted by molar-refractivity contribution is 7.14. The van der Waals surface area contributed by atoms with Crippen LogP contribution < -0.4 is 10.1 Å². The summed E-state index contributed by atoms with van der Waals surface area (Å²) in [5.74, 6) is 1.55. The Bertz CT molecular complexity index is 660. The lowest BCUT2D eigenvalue weighted by Gasteiger charge is -2.19. The van der Waals surface area contributed by atoms with E-state index in [0.29, 0.717) is 0 Å². The van der Waals surface area contributed by atoms with Crippen LogP contribution in [0.3, 0.4) is 0 Å². The van der Waals surface area contributed by atoms with Crippen LogP contribution in [0.5, 0.6) is 5.75 Å². The Morgan fingerprint density at radius 3 is 2.82 bits per heavy atom. The van der Waals surface area contributed by atoms with E-state index in [1.54, 1.807) is 18.4 Å². The van der Waals surface area contributed by atoms with Crippen molar-refractivity contribution in [3.8, 4) is 5.75 Å². The molecule has 0 saturated carbocycles. The Kier molecular flexibility index (Phi) is 4.48. The van der Waals surface area contributed by atoms with E-state index in [0.717, 1.165) is 35.1 Å². The Morgan fingerprint density at radius 2 is 2.14 bits per heavy atom. The maximum atomic E-state index is 12.4. The van der Waals surface area contributed by atoms with Crippen LogP contribution in [0.25, 0.3) is 0 Å². The lowest BCUT2D eigenvalue weighted by atomic mass is 9.87. The summed E-state index contributed by atoms with van der Waals surface area (Å²) in [6, 6.07) is 9.50. The van der Waals surface area contributed by atoms with Crippen molar-refractivity contribution in [2.24, 2.45) is 5.92 Å². The van der Waals surface area contributed by atoms with Crippen molar-refractivity contribution < 1.29 is 9.53 Å². The molecule has 2 aromatic rings. The molecule has 116 valence electrons. The molecule has 1 aliphatic carbocycles. The number of amides is 1. The molecule has 1 aliphatic rings. The first-order chi connectivity index (χ1) is 10.7. The van der Waals surface area contributed by atoms with Crippen molar-refractivity contribution in [3.05, 3.63) is 45.6 Å². The van der Waals surface area contributed by atoms with Crippen LogP contribution in [0.4, 0.5) is 5.69 Å². The van der Waals surface area contributed by atoms with Gasteiger partial charge in [-0.1, -0.05) is 13.3 Å². The zero-order valence-electron chi connectivity index (χ0n) is 13.0. The molecule has 0 fully saturated rings. The second-order valence-corrected chi connectivity index (χ2v) is 6.90. The fraction of sp³-hybridized carbons (Fsp3) is 0.389. The molecule has 1 heterocycles. The maximum Gasteiger partial charge on any atom is 0.265 e. The van der Waals surface area contributed by atoms with Crippen LogP contribution in [0.2, 0.25) is 0 Å². The number of anilines is 1. The average molecular weight is 315 g/mol. The number of carbonyl (C=O) groups is 1. The summed E-state index contributed by atoms with van der Waals surface area (Å²) < 4.78 is 5.12. The second kappa shape index (κ2) is 6.53. The van der Waals surface area contributed by atoms with Gasteiger partial charge in [0, 0.05) is 10.6 Å². The lowest BCUT2D eigenvalue weighted by Crippen LogP contribution is -2.11. The van der Waals surface area contributed by atoms with Crippen molar-refractivity contribution in [2.75, 3.05) is 12.4 Å². The first kappa shape index (κ1) is 15.1. The van der Waals surface area contributed by atoms with Crippen LogP contribution in [0.1, 0.15) is 39.9 Å². The number of nitrogens with one attached hydrogen (secondary N) is 1. The average Bonchev–Trinajstić information content (AvgIpc) is 2.98. The summed E-state index contributed by atoms with van der Waals surface area (Å²) in [6.07, 6.45) is 4.72. The third-order valence-electron chi connectivity index (χ3n) is 4.33. The fourth-order valence-electron chi connectivity index (χ4n) is 2.93. The van der Waals surface area contributed by atoms with Gasteiger partial charge in [0.1, 0.15) is 5.75 Å². The molecule has 0 aliphatic heterocycles. The van der Waals surface area contributed by atoms with E-state index in [1.165, 1.54) is 23.3 Å². The molecule has 1 aromatic carbocycles.